The second-order valence-electron chi connectivity index (χ2n) is 5.27. The molecule has 0 amide bonds. The molecule has 2 aromatic carbocycles. The van der Waals surface area contributed by atoms with Crippen LogP contribution in [0.1, 0.15) is 13.3 Å². The van der Waals surface area contributed by atoms with Crippen molar-refractivity contribution in [1.29, 1.82) is 0 Å². The number of hydrogen-bond donors (Lipinski definition) is 0. The third kappa shape index (κ3) is 2.63. The van der Waals surface area contributed by atoms with Crippen LogP contribution in [0.3, 0.4) is 0 Å². The van der Waals surface area contributed by atoms with Crippen LogP contribution in [0.25, 0.3) is 22.2 Å². The van der Waals surface area contributed by atoms with Gasteiger partial charge in [-0.25, -0.2) is 4.39 Å². The first-order valence-electron chi connectivity index (χ1n) is 7.57. The maximum absolute atomic E-state index is 14.3. The molecule has 0 fully saturated rings. The summed E-state index contributed by atoms with van der Waals surface area (Å²) in [5, 5.41) is 5.41. The summed E-state index contributed by atoms with van der Waals surface area (Å²) in [5.74, 6) is 1.09. The molecule has 1 aromatic heterocycles. The fourth-order valence-electron chi connectivity index (χ4n) is 2.76. The van der Waals surface area contributed by atoms with Gasteiger partial charge < -0.3 is 9.47 Å². The molecule has 0 spiro atoms. The predicted molar refractivity (Wildman–Crippen MR) is 88.5 cm³/mol. The van der Waals surface area contributed by atoms with Crippen molar-refractivity contribution in [3.63, 3.8) is 0 Å². The molecule has 0 aliphatic carbocycles. The minimum absolute atomic E-state index is 0.262. The molecule has 0 aliphatic heterocycles. The van der Waals surface area contributed by atoms with Crippen molar-refractivity contribution in [3.05, 3.63) is 42.2 Å². The third-order valence-electron chi connectivity index (χ3n) is 3.82. The van der Waals surface area contributed by atoms with Gasteiger partial charge in [0, 0.05) is 23.6 Å². The average molecular weight is 314 g/mol. The highest BCUT2D eigenvalue weighted by Crippen LogP contribution is 2.37. The Morgan fingerprint density at radius 1 is 1.13 bits per heavy atom. The van der Waals surface area contributed by atoms with Crippen molar-refractivity contribution in [2.24, 2.45) is 0 Å². The van der Waals surface area contributed by atoms with Crippen LogP contribution in [0.5, 0.6) is 11.5 Å². The summed E-state index contributed by atoms with van der Waals surface area (Å²) in [6, 6.07) is 10.6. The lowest BCUT2D eigenvalue weighted by Gasteiger charge is -2.09. The van der Waals surface area contributed by atoms with Gasteiger partial charge in [-0.1, -0.05) is 19.1 Å². The zero-order valence-corrected chi connectivity index (χ0v) is 13.5. The number of fused-ring (bicyclic) bond motifs is 1. The summed E-state index contributed by atoms with van der Waals surface area (Å²) in [5.41, 5.74) is 2.06. The highest BCUT2D eigenvalue weighted by atomic mass is 19.1. The lowest BCUT2D eigenvalue weighted by Crippen LogP contribution is -2.00. The van der Waals surface area contributed by atoms with E-state index in [0.717, 1.165) is 17.4 Å². The Morgan fingerprint density at radius 3 is 2.65 bits per heavy atom. The largest absolute Gasteiger partial charge is 0.497 e. The quantitative estimate of drug-likeness (QED) is 0.705. The van der Waals surface area contributed by atoms with Crippen molar-refractivity contribution in [2.45, 2.75) is 19.9 Å². The van der Waals surface area contributed by atoms with E-state index in [1.165, 1.54) is 6.07 Å². The van der Waals surface area contributed by atoms with E-state index in [2.05, 4.69) is 5.10 Å². The van der Waals surface area contributed by atoms with Crippen molar-refractivity contribution in [1.82, 2.24) is 9.78 Å². The first-order valence-corrected chi connectivity index (χ1v) is 7.57. The smallest absolute Gasteiger partial charge is 0.149 e. The molecule has 1 heterocycles. The van der Waals surface area contributed by atoms with E-state index in [-0.39, 0.29) is 5.82 Å². The fraction of sp³-hybridized carbons (Fsp3) is 0.278. The summed E-state index contributed by atoms with van der Waals surface area (Å²) in [4.78, 5) is 0. The Bertz CT molecular complexity index is 842. The number of methoxy groups -OCH3 is 2. The van der Waals surface area contributed by atoms with Crippen LogP contribution in [0.2, 0.25) is 0 Å². The summed E-state index contributed by atoms with van der Waals surface area (Å²) >= 11 is 0. The molecule has 0 radical (unpaired) electrons. The van der Waals surface area contributed by atoms with Gasteiger partial charge in [-0.3, -0.25) is 4.68 Å². The molecule has 4 nitrogen and oxygen atoms in total. The molecule has 3 rings (SSSR count). The number of aromatic nitrogens is 2. The SMILES string of the molecule is CCCn1nc(-c2ccc(OC)cc2OC)c2cccc(F)c21. The lowest BCUT2D eigenvalue weighted by atomic mass is 10.1. The number of ether oxygens (including phenoxy) is 2. The summed E-state index contributed by atoms with van der Waals surface area (Å²) in [7, 11) is 3.21. The Labute approximate surface area is 134 Å². The van der Waals surface area contributed by atoms with E-state index >= 15 is 0 Å². The van der Waals surface area contributed by atoms with Crippen molar-refractivity contribution in [3.8, 4) is 22.8 Å². The second kappa shape index (κ2) is 6.28. The van der Waals surface area contributed by atoms with E-state index in [9.17, 15) is 4.39 Å². The maximum atomic E-state index is 14.3. The summed E-state index contributed by atoms with van der Waals surface area (Å²) in [6.07, 6.45) is 0.879. The highest BCUT2D eigenvalue weighted by molar-refractivity contribution is 5.95. The van der Waals surface area contributed by atoms with Gasteiger partial charge >= 0.3 is 0 Å². The molecule has 120 valence electrons. The van der Waals surface area contributed by atoms with Gasteiger partial charge in [-0.15, -0.1) is 0 Å². The van der Waals surface area contributed by atoms with Gasteiger partial charge in [0.2, 0.25) is 0 Å². The molecule has 0 unspecified atom stereocenters. The van der Waals surface area contributed by atoms with E-state index in [1.807, 2.05) is 25.1 Å². The van der Waals surface area contributed by atoms with Gasteiger partial charge in [-0.2, -0.15) is 5.10 Å². The van der Waals surface area contributed by atoms with E-state index < -0.39 is 0 Å². The molecule has 0 atom stereocenters. The van der Waals surface area contributed by atoms with Crippen LogP contribution in [0, 0.1) is 5.82 Å². The van der Waals surface area contributed by atoms with Gasteiger partial charge in [0.25, 0.3) is 0 Å². The molecule has 0 bridgehead atoms. The minimum atomic E-state index is -0.262. The molecule has 0 saturated heterocycles. The second-order valence-corrected chi connectivity index (χ2v) is 5.27. The van der Waals surface area contributed by atoms with Crippen LogP contribution in [-0.4, -0.2) is 24.0 Å². The van der Waals surface area contributed by atoms with E-state index in [4.69, 9.17) is 9.47 Å². The molecular formula is C18H19FN2O2. The maximum Gasteiger partial charge on any atom is 0.149 e. The number of rotatable bonds is 5. The van der Waals surface area contributed by atoms with Gasteiger partial charge in [0.05, 0.1) is 14.2 Å². The molecule has 0 aliphatic rings. The molecule has 0 saturated carbocycles. The minimum Gasteiger partial charge on any atom is -0.497 e. The van der Waals surface area contributed by atoms with Crippen LogP contribution in [-0.2, 0) is 6.54 Å². The monoisotopic (exact) mass is 314 g/mol. The average Bonchev–Trinajstić information content (AvgIpc) is 2.94. The number of hydrogen-bond acceptors (Lipinski definition) is 3. The third-order valence-corrected chi connectivity index (χ3v) is 3.82. The Balaban J connectivity index is 2.26. The number of aryl methyl sites for hydroxylation is 1. The van der Waals surface area contributed by atoms with E-state index in [0.29, 0.717) is 29.3 Å². The fourth-order valence-corrected chi connectivity index (χ4v) is 2.76. The number of benzene rings is 2. The number of halogens is 1. The molecule has 3 aromatic rings. The van der Waals surface area contributed by atoms with Gasteiger partial charge in [0.1, 0.15) is 28.5 Å². The van der Waals surface area contributed by atoms with Crippen LogP contribution in [0.4, 0.5) is 4.39 Å². The first kappa shape index (κ1) is 15.3. The molecule has 0 N–H and O–H groups in total. The molecule has 5 heteroatoms. The zero-order chi connectivity index (χ0) is 16.4. The number of para-hydroxylation sites is 1. The lowest BCUT2D eigenvalue weighted by molar-refractivity contribution is 0.395. The van der Waals surface area contributed by atoms with Crippen molar-refractivity contribution in [2.75, 3.05) is 14.2 Å². The van der Waals surface area contributed by atoms with Crippen LogP contribution in [0.15, 0.2) is 36.4 Å². The Morgan fingerprint density at radius 2 is 1.96 bits per heavy atom. The Hall–Kier alpha value is -2.56. The first-order chi connectivity index (χ1) is 11.2. The van der Waals surface area contributed by atoms with Crippen LogP contribution < -0.4 is 9.47 Å². The standard InChI is InChI=1S/C18H19FN2O2/c1-4-10-21-18-14(6-5-7-15(18)19)17(20-21)13-9-8-12(22-2)11-16(13)23-3/h5-9,11H,4,10H2,1-3H3. The molecular weight excluding hydrogens is 295 g/mol. The van der Waals surface area contributed by atoms with Gasteiger partial charge in [-0.05, 0) is 24.6 Å². The van der Waals surface area contributed by atoms with Gasteiger partial charge in [0.15, 0.2) is 0 Å². The normalized spacial score (nSPS) is 11.0. The topological polar surface area (TPSA) is 36.3 Å². The summed E-state index contributed by atoms with van der Waals surface area (Å²) < 4.78 is 26.7. The predicted octanol–water partition coefficient (Wildman–Crippen LogP) is 4.27. The van der Waals surface area contributed by atoms with Crippen LogP contribution >= 0.6 is 0 Å². The highest BCUT2D eigenvalue weighted by Gasteiger charge is 2.18. The van der Waals surface area contributed by atoms with Crippen molar-refractivity contribution >= 4 is 10.9 Å². The van der Waals surface area contributed by atoms with Crippen molar-refractivity contribution < 1.29 is 13.9 Å². The van der Waals surface area contributed by atoms with E-state index in [1.54, 1.807) is 31.0 Å². The number of nitrogens with zero attached hydrogens (tertiary/aromatic N) is 2. The Kier molecular flexibility index (Phi) is 4.19. The summed E-state index contributed by atoms with van der Waals surface area (Å²) in [6.45, 7) is 2.71. The zero-order valence-electron chi connectivity index (χ0n) is 13.5. The molecule has 23 heavy (non-hydrogen) atoms.